The van der Waals surface area contributed by atoms with Crippen LogP contribution in [0.2, 0.25) is 0 Å². The normalized spacial score (nSPS) is 9.00. The molecule has 0 atom stereocenters. The molecule has 0 bridgehead atoms. The molecule has 0 aliphatic heterocycles. The molecule has 0 aromatic carbocycles. The zero-order valence-electron chi connectivity index (χ0n) is 3.98. The molecular formula is C4H12N2. The molecule has 0 unspecified atom stereocenters. The van der Waals surface area contributed by atoms with Crippen LogP contribution in [0, 0.1) is 7.05 Å². The van der Waals surface area contributed by atoms with Gasteiger partial charge in [-0.25, -0.2) is 0 Å². The predicted molar refractivity (Wildman–Crippen MR) is 25.8 cm³/mol. The third kappa shape index (κ3) is 3.92. The average molecular weight is 88.2 g/mol. The highest BCUT2D eigenvalue weighted by Crippen LogP contribution is 1.57. The van der Waals surface area contributed by atoms with E-state index in [0.717, 1.165) is 19.5 Å². The molecule has 0 rings (SSSR count). The third-order valence-electron chi connectivity index (χ3n) is 0.612. The van der Waals surface area contributed by atoms with E-state index in [9.17, 15) is 0 Å². The van der Waals surface area contributed by atoms with Crippen molar-refractivity contribution < 1.29 is 5.32 Å². The maximum absolute atomic E-state index is 5.17. The number of nitrogens with two attached hydrogens (primary N) is 2. The summed E-state index contributed by atoms with van der Waals surface area (Å²) in [5.41, 5.74) is 5.17. The van der Waals surface area contributed by atoms with Crippen LogP contribution >= 0.6 is 0 Å². The summed E-state index contributed by atoms with van der Waals surface area (Å²) in [6.07, 6.45) is 1.07. The molecule has 0 saturated carbocycles. The van der Waals surface area contributed by atoms with Crippen molar-refractivity contribution in [1.82, 2.24) is 0 Å². The first kappa shape index (κ1) is 5.92. The van der Waals surface area contributed by atoms with Gasteiger partial charge in [-0.15, -0.1) is 0 Å². The summed E-state index contributed by atoms with van der Waals surface area (Å²) in [6, 6.07) is 0. The van der Waals surface area contributed by atoms with Crippen LogP contribution in [0.25, 0.3) is 0 Å². The molecule has 0 amide bonds. The van der Waals surface area contributed by atoms with Gasteiger partial charge in [-0.05, 0) is 6.54 Å². The first-order valence-corrected chi connectivity index (χ1v) is 2.22. The van der Waals surface area contributed by atoms with Gasteiger partial charge >= 0.3 is 0 Å². The zero-order valence-corrected chi connectivity index (χ0v) is 3.98. The summed E-state index contributed by atoms with van der Waals surface area (Å²) >= 11 is 0. The fraction of sp³-hybridized carbons (Fsp3) is 0.750. The number of rotatable bonds is 3. The van der Waals surface area contributed by atoms with Crippen LogP contribution in [0.1, 0.15) is 6.42 Å². The van der Waals surface area contributed by atoms with E-state index in [1.807, 2.05) is 5.32 Å². The van der Waals surface area contributed by atoms with Crippen LogP contribution in [0.4, 0.5) is 0 Å². The lowest BCUT2D eigenvalue weighted by Crippen LogP contribution is -2.77. The van der Waals surface area contributed by atoms with Crippen molar-refractivity contribution in [2.75, 3.05) is 13.1 Å². The molecule has 0 spiro atoms. The first-order chi connectivity index (χ1) is 2.91. The standard InChI is InChI=1S/C4H12N2/c1-6-4-2-3-5/h1-6H2. The lowest BCUT2D eigenvalue weighted by atomic mass is 10.4. The van der Waals surface area contributed by atoms with Gasteiger partial charge in [0, 0.05) is 6.42 Å². The van der Waals surface area contributed by atoms with Gasteiger partial charge < -0.3 is 11.1 Å². The summed E-state index contributed by atoms with van der Waals surface area (Å²) in [7, 11) is 3.54. The van der Waals surface area contributed by atoms with Crippen LogP contribution in [-0.4, -0.2) is 13.1 Å². The number of hydrogen-bond acceptors (Lipinski definition) is 1. The second kappa shape index (κ2) is 4.92. The van der Waals surface area contributed by atoms with Crippen molar-refractivity contribution in [3.05, 3.63) is 7.05 Å². The Kier molecular flexibility index (Phi) is 4.85. The van der Waals surface area contributed by atoms with Gasteiger partial charge in [0.25, 0.3) is 0 Å². The van der Waals surface area contributed by atoms with Crippen molar-refractivity contribution in [2.24, 2.45) is 5.73 Å². The molecule has 0 aromatic heterocycles. The molecule has 4 N–H and O–H groups in total. The summed E-state index contributed by atoms with van der Waals surface area (Å²) < 4.78 is 0. The van der Waals surface area contributed by atoms with Gasteiger partial charge in [0.2, 0.25) is 0 Å². The van der Waals surface area contributed by atoms with Crippen molar-refractivity contribution in [3.63, 3.8) is 0 Å². The Labute approximate surface area is 38.7 Å². The van der Waals surface area contributed by atoms with Crippen LogP contribution in [0.3, 0.4) is 0 Å². The second-order valence-corrected chi connectivity index (χ2v) is 1.22. The maximum Gasteiger partial charge on any atom is 0.0527 e. The van der Waals surface area contributed by atoms with Crippen LogP contribution in [-0.2, 0) is 0 Å². The third-order valence-corrected chi connectivity index (χ3v) is 0.612. The molecule has 2 nitrogen and oxygen atoms in total. The Bertz CT molecular complexity index is 17.5. The fourth-order valence-corrected chi connectivity index (χ4v) is 0.262. The minimum absolute atomic E-state index is 0.784. The van der Waals surface area contributed by atoms with Crippen LogP contribution in [0.5, 0.6) is 0 Å². The molecule has 0 heterocycles. The van der Waals surface area contributed by atoms with Crippen LogP contribution in [0.15, 0.2) is 0 Å². The first-order valence-electron chi connectivity index (χ1n) is 2.22. The van der Waals surface area contributed by atoms with Crippen molar-refractivity contribution >= 4 is 0 Å². The topological polar surface area (TPSA) is 42.6 Å². The smallest absolute Gasteiger partial charge is 0.0527 e. The van der Waals surface area contributed by atoms with Gasteiger partial charge in [-0.3, -0.25) is 0 Å². The Morgan fingerprint density at radius 3 is 2.50 bits per heavy atom. The average Bonchev–Trinajstić information content (AvgIpc) is 1.61. The molecule has 0 aromatic rings. The lowest BCUT2D eigenvalue weighted by Gasteiger charge is -1.93. The zero-order chi connectivity index (χ0) is 4.83. The van der Waals surface area contributed by atoms with Crippen molar-refractivity contribution in [2.45, 2.75) is 6.42 Å². The molecular weight excluding hydrogens is 76.1 g/mol. The Hall–Kier alpha value is -0.0800. The fourth-order valence-electron chi connectivity index (χ4n) is 0.262. The monoisotopic (exact) mass is 88.1 g/mol. The van der Waals surface area contributed by atoms with E-state index in [1.165, 1.54) is 0 Å². The van der Waals surface area contributed by atoms with Gasteiger partial charge in [-0.1, -0.05) is 0 Å². The molecule has 0 saturated heterocycles. The minimum Gasteiger partial charge on any atom is -0.479 e. The number of hydrogen-bond donors (Lipinski definition) is 2. The lowest BCUT2D eigenvalue weighted by molar-refractivity contribution is -0.595. The summed E-state index contributed by atoms with van der Waals surface area (Å²) in [4.78, 5) is 0. The summed E-state index contributed by atoms with van der Waals surface area (Å²) in [6.45, 7) is 1.84. The van der Waals surface area contributed by atoms with Gasteiger partial charge in [0.15, 0.2) is 0 Å². The highest BCUT2D eigenvalue weighted by Gasteiger charge is 1.73. The SMILES string of the molecule is [CH2-][NH2+]CCCN. The Balaban J connectivity index is 2.34. The van der Waals surface area contributed by atoms with E-state index < -0.39 is 0 Å². The maximum atomic E-state index is 5.17. The highest BCUT2D eigenvalue weighted by atomic mass is 14.8. The van der Waals surface area contributed by atoms with Gasteiger partial charge in [0.05, 0.1) is 6.54 Å². The van der Waals surface area contributed by atoms with E-state index in [2.05, 4.69) is 7.05 Å². The molecule has 0 aliphatic carbocycles. The van der Waals surface area contributed by atoms with E-state index in [4.69, 9.17) is 5.73 Å². The van der Waals surface area contributed by atoms with E-state index in [-0.39, 0.29) is 0 Å². The van der Waals surface area contributed by atoms with E-state index >= 15 is 0 Å². The molecule has 0 aliphatic rings. The predicted octanol–water partition coefficient (Wildman–Crippen LogP) is -1.31. The van der Waals surface area contributed by atoms with E-state index in [1.54, 1.807) is 0 Å². The molecule has 0 radical (unpaired) electrons. The Morgan fingerprint density at radius 1 is 1.67 bits per heavy atom. The number of quaternary nitrogens is 1. The Morgan fingerprint density at radius 2 is 2.33 bits per heavy atom. The largest absolute Gasteiger partial charge is 0.479 e. The summed E-state index contributed by atoms with van der Waals surface area (Å²) in [5, 5.41) is 1.88. The van der Waals surface area contributed by atoms with Crippen molar-refractivity contribution in [1.29, 1.82) is 0 Å². The molecule has 0 fully saturated rings. The summed E-state index contributed by atoms with van der Waals surface area (Å²) in [5.74, 6) is 0. The minimum atomic E-state index is 0.784. The molecule has 2 heteroatoms. The molecule has 38 valence electrons. The van der Waals surface area contributed by atoms with Gasteiger partial charge in [-0.2, -0.15) is 7.05 Å². The van der Waals surface area contributed by atoms with Crippen molar-refractivity contribution in [3.8, 4) is 0 Å². The highest BCUT2D eigenvalue weighted by molar-refractivity contribution is 4.28. The molecule has 6 heavy (non-hydrogen) atoms. The van der Waals surface area contributed by atoms with Gasteiger partial charge in [0.1, 0.15) is 0 Å². The van der Waals surface area contributed by atoms with Crippen LogP contribution < -0.4 is 11.1 Å². The van der Waals surface area contributed by atoms with E-state index in [0.29, 0.717) is 0 Å². The second-order valence-electron chi connectivity index (χ2n) is 1.22. The quantitative estimate of drug-likeness (QED) is 0.326.